The van der Waals surface area contributed by atoms with Crippen LogP contribution in [0.3, 0.4) is 0 Å². The predicted molar refractivity (Wildman–Crippen MR) is 103 cm³/mol. The number of hydrogen-bond acceptors (Lipinski definition) is 3. The summed E-state index contributed by atoms with van der Waals surface area (Å²) in [6.45, 7) is 1.34. The van der Waals surface area contributed by atoms with Gasteiger partial charge in [-0.3, -0.25) is 14.5 Å². The van der Waals surface area contributed by atoms with Crippen LogP contribution in [0.2, 0.25) is 10.0 Å². The molecule has 0 aromatic heterocycles. The summed E-state index contributed by atoms with van der Waals surface area (Å²) in [4.78, 5) is 26.0. The van der Waals surface area contributed by atoms with Gasteiger partial charge in [0.05, 0.1) is 21.7 Å². The Morgan fingerprint density at radius 2 is 2.00 bits per heavy atom. The maximum absolute atomic E-state index is 13.6. The molecule has 1 aliphatic heterocycles. The number of likely N-dealkylation sites (tertiary alicyclic amines) is 1. The molecule has 0 bridgehead atoms. The van der Waals surface area contributed by atoms with Gasteiger partial charge in [0, 0.05) is 12.2 Å². The van der Waals surface area contributed by atoms with Crippen molar-refractivity contribution in [1.29, 1.82) is 0 Å². The van der Waals surface area contributed by atoms with Gasteiger partial charge < -0.3 is 11.1 Å². The molecular formula is C19H18Cl2FN3O2. The summed E-state index contributed by atoms with van der Waals surface area (Å²) in [5.74, 6) is -1.58. The molecule has 2 amide bonds. The van der Waals surface area contributed by atoms with E-state index in [1.807, 2.05) is 11.0 Å². The lowest BCUT2D eigenvalue weighted by Crippen LogP contribution is -2.39. The minimum atomic E-state index is -0.716. The number of hydrogen-bond donors (Lipinski definition) is 2. The average Bonchev–Trinajstić information content (AvgIpc) is 3.06. The first-order valence-corrected chi connectivity index (χ1v) is 9.19. The molecule has 5 nitrogen and oxygen atoms in total. The molecule has 3 N–H and O–H groups in total. The second-order valence-corrected chi connectivity index (χ2v) is 7.25. The van der Waals surface area contributed by atoms with Crippen molar-refractivity contribution < 1.29 is 14.0 Å². The zero-order chi connectivity index (χ0) is 19.6. The Hall–Kier alpha value is -2.15. The Balaban J connectivity index is 1.73. The minimum Gasteiger partial charge on any atom is -0.368 e. The summed E-state index contributed by atoms with van der Waals surface area (Å²) in [5.41, 5.74) is 6.91. The Morgan fingerprint density at radius 1 is 1.22 bits per heavy atom. The van der Waals surface area contributed by atoms with Crippen LogP contribution in [0.15, 0.2) is 36.4 Å². The first-order valence-electron chi connectivity index (χ1n) is 8.43. The summed E-state index contributed by atoms with van der Waals surface area (Å²) in [5, 5.41) is 2.62. The molecule has 2 aromatic carbocycles. The van der Waals surface area contributed by atoms with Gasteiger partial charge in [0.15, 0.2) is 0 Å². The first-order chi connectivity index (χ1) is 12.8. The van der Waals surface area contributed by atoms with E-state index in [1.54, 1.807) is 18.2 Å². The monoisotopic (exact) mass is 409 g/mol. The number of benzene rings is 2. The number of nitrogens with two attached hydrogens (primary N) is 1. The molecule has 142 valence electrons. The topological polar surface area (TPSA) is 75.4 Å². The zero-order valence-corrected chi connectivity index (χ0v) is 15.9. The standard InChI is InChI=1S/C19H18Cl2FN3O2/c20-14-9-15(21)16(22)8-13(14)19(27)24-12-4-1-3-11(7-12)10-25-6-2-5-17(25)18(23)26/h1,3-4,7-9,17H,2,5-6,10H2,(H2,23,26)(H,24,27). The number of amides is 2. The normalized spacial score (nSPS) is 17.1. The molecule has 1 fully saturated rings. The SMILES string of the molecule is NC(=O)C1CCCN1Cc1cccc(NC(=O)c2cc(F)c(Cl)cc2Cl)c1. The molecular weight excluding hydrogens is 392 g/mol. The third kappa shape index (κ3) is 4.58. The molecule has 0 radical (unpaired) electrons. The van der Waals surface area contributed by atoms with Gasteiger partial charge in [-0.2, -0.15) is 0 Å². The van der Waals surface area contributed by atoms with Crippen LogP contribution in [-0.2, 0) is 11.3 Å². The van der Waals surface area contributed by atoms with Gasteiger partial charge >= 0.3 is 0 Å². The Bertz CT molecular complexity index is 891. The maximum atomic E-state index is 13.6. The largest absolute Gasteiger partial charge is 0.368 e. The molecule has 8 heteroatoms. The number of carbonyl (C=O) groups excluding carboxylic acids is 2. The van der Waals surface area contributed by atoms with Crippen LogP contribution in [0.4, 0.5) is 10.1 Å². The highest BCUT2D eigenvalue weighted by Crippen LogP contribution is 2.26. The van der Waals surface area contributed by atoms with Crippen molar-refractivity contribution >= 4 is 40.7 Å². The number of rotatable bonds is 5. The van der Waals surface area contributed by atoms with Gasteiger partial charge in [0.1, 0.15) is 5.82 Å². The van der Waals surface area contributed by atoms with E-state index in [0.717, 1.165) is 31.0 Å². The second kappa shape index (κ2) is 8.25. The number of nitrogens with zero attached hydrogens (tertiary/aromatic N) is 1. The van der Waals surface area contributed by atoms with E-state index in [4.69, 9.17) is 28.9 Å². The van der Waals surface area contributed by atoms with Gasteiger partial charge in [-0.25, -0.2) is 4.39 Å². The number of nitrogens with one attached hydrogen (secondary N) is 1. The smallest absolute Gasteiger partial charge is 0.257 e. The molecule has 1 unspecified atom stereocenters. The van der Waals surface area contributed by atoms with E-state index >= 15 is 0 Å². The predicted octanol–water partition coefficient (Wildman–Crippen LogP) is 3.83. The molecule has 1 heterocycles. The van der Waals surface area contributed by atoms with Crippen LogP contribution in [0.1, 0.15) is 28.8 Å². The van der Waals surface area contributed by atoms with Crippen molar-refractivity contribution in [2.24, 2.45) is 5.73 Å². The third-order valence-electron chi connectivity index (χ3n) is 4.52. The molecule has 1 aliphatic rings. The fourth-order valence-corrected chi connectivity index (χ4v) is 3.68. The summed E-state index contributed by atoms with van der Waals surface area (Å²) < 4.78 is 13.6. The molecule has 27 heavy (non-hydrogen) atoms. The fraction of sp³-hybridized carbons (Fsp3) is 0.263. The highest BCUT2D eigenvalue weighted by molar-refractivity contribution is 6.37. The van der Waals surface area contributed by atoms with E-state index < -0.39 is 11.7 Å². The van der Waals surface area contributed by atoms with Crippen LogP contribution in [0.5, 0.6) is 0 Å². The molecule has 1 saturated heterocycles. The Labute approximate surface area is 166 Å². The lowest BCUT2D eigenvalue weighted by Gasteiger charge is -2.22. The Morgan fingerprint density at radius 3 is 2.74 bits per heavy atom. The molecule has 3 rings (SSSR count). The van der Waals surface area contributed by atoms with Crippen molar-refractivity contribution in [2.75, 3.05) is 11.9 Å². The van der Waals surface area contributed by atoms with Gasteiger partial charge in [-0.15, -0.1) is 0 Å². The van der Waals surface area contributed by atoms with Crippen molar-refractivity contribution in [2.45, 2.75) is 25.4 Å². The van der Waals surface area contributed by atoms with Crippen LogP contribution < -0.4 is 11.1 Å². The van der Waals surface area contributed by atoms with Crippen LogP contribution in [0.25, 0.3) is 0 Å². The third-order valence-corrected chi connectivity index (χ3v) is 5.12. The van der Waals surface area contributed by atoms with Crippen LogP contribution >= 0.6 is 23.2 Å². The van der Waals surface area contributed by atoms with Crippen molar-refractivity contribution in [3.05, 3.63) is 63.4 Å². The van der Waals surface area contributed by atoms with Crippen LogP contribution in [-0.4, -0.2) is 29.3 Å². The van der Waals surface area contributed by atoms with Gasteiger partial charge in [0.2, 0.25) is 5.91 Å². The summed E-state index contributed by atoms with van der Waals surface area (Å²) in [7, 11) is 0. The lowest BCUT2D eigenvalue weighted by molar-refractivity contribution is -0.122. The molecule has 2 aromatic rings. The lowest BCUT2D eigenvalue weighted by atomic mass is 10.1. The van der Waals surface area contributed by atoms with Crippen molar-refractivity contribution in [3.8, 4) is 0 Å². The quantitative estimate of drug-likeness (QED) is 0.736. The van der Waals surface area contributed by atoms with Crippen molar-refractivity contribution in [3.63, 3.8) is 0 Å². The summed E-state index contributed by atoms with van der Waals surface area (Å²) >= 11 is 11.6. The van der Waals surface area contributed by atoms with Crippen molar-refractivity contribution in [1.82, 2.24) is 4.90 Å². The molecule has 1 atom stereocenters. The summed E-state index contributed by atoms with van der Waals surface area (Å²) in [6, 6.07) is 9.16. The zero-order valence-electron chi connectivity index (χ0n) is 14.3. The number of primary amides is 1. The van der Waals surface area contributed by atoms with E-state index in [9.17, 15) is 14.0 Å². The summed E-state index contributed by atoms with van der Waals surface area (Å²) in [6.07, 6.45) is 1.68. The molecule has 0 spiro atoms. The first kappa shape index (κ1) is 19.6. The number of carbonyl (C=O) groups is 2. The van der Waals surface area contributed by atoms with E-state index in [1.165, 1.54) is 6.07 Å². The van der Waals surface area contributed by atoms with Crippen LogP contribution in [0, 0.1) is 5.82 Å². The number of halogens is 3. The maximum Gasteiger partial charge on any atom is 0.257 e. The highest BCUT2D eigenvalue weighted by atomic mass is 35.5. The minimum absolute atomic E-state index is 0.00250. The van der Waals surface area contributed by atoms with E-state index in [-0.39, 0.29) is 27.6 Å². The van der Waals surface area contributed by atoms with Gasteiger partial charge in [-0.05, 0) is 49.2 Å². The second-order valence-electron chi connectivity index (χ2n) is 6.43. The van der Waals surface area contributed by atoms with E-state index in [2.05, 4.69) is 5.32 Å². The fourth-order valence-electron chi connectivity index (χ4n) is 3.21. The number of anilines is 1. The average molecular weight is 410 g/mol. The Kier molecular flexibility index (Phi) is 5.99. The van der Waals surface area contributed by atoms with Gasteiger partial charge in [-0.1, -0.05) is 35.3 Å². The highest BCUT2D eigenvalue weighted by Gasteiger charge is 2.28. The molecule has 0 aliphatic carbocycles. The van der Waals surface area contributed by atoms with Gasteiger partial charge in [0.25, 0.3) is 5.91 Å². The molecule has 0 saturated carbocycles. The van der Waals surface area contributed by atoms with E-state index in [0.29, 0.717) is 12.2 Å².